The Morgan fingerprint density at radius 3 is 2.70 bits per heavy atom. The minimum Gasteiger partial charge on any atom is -0.507 e. The number of benzene rings is 1. The van der Waals surface area contributed by atoms with Crippen molar-refractivity contribution in [3.63, 3.8) is 0 Å². The number of amides is 1. The van der Waals surface area contributed by atoms with Crippen LogP contribution in [0.4, 0.5) is 5.69 Å². The highest BCUT2D eigenvalue weighted by atomic mass is 16.5. The number of ether oxygens (including phenoxy) is 1. The van der Waals surface area contributed by atoms with Crippen molar-refractivity contribution in [1.29, 1.82) is 0 Å². The molecular formula is C23H28N2O5. The monoisotopic (exact) mass is 412 g/mol. The van der Waals surface area contributed by atoms with Crippen LogP contribution in [-0.2, 0) is 17.6 Å². The van der Waals surface area contributed by atoms with Crippen LogP contribution < -0.4 is 10.9 Å². The lowest BCUT2D eigenvalue weighted by Gasteiger charge is -2.18. The van der Waals surface area contributed by atoms with Gasteiger partial charge < -0.3 is 20.1 Å². The zero-order valence-electron chi connectivity index (χ0n) is 17.3. The van der Waals surface area contributed by atoms with Gasteiger partial charge in [-0.2, -0.15) is 0 Å². The molecule has 3 rings (SSSR count). The number of H-pyrrole nitrogens is 1. The second-order valence-electron chi connectivity index (χ2n) is 7.54. The molecule has 1 aromatic heterocycles. The predicted molar refractivity (Wildman–Crippen MR) is 114 cm³/mol. The van der Waals surface area contributed by atoms with E-state index in [9.17, 15) is 19.5 Å². The highest BCUT2D eigenvalue weighted by Crippen LogP contribution is 2.29. The van der Waals surface area contributed by atoms with Crippen molar-refractivity contribution in [3.05, 3.63) is 57.0 Å². The first-order chi connectivity index (χ1) is 14.5. The summed E-state index contributed by atoms with van der Waals surface area (Å²) in [5, 5.41) is 13.1. The first-order valence-corrected chi connectivity index (χ1v) is 10.6. The molecule has 7 heteroatoms. The number of fused-ring (bicyclic) bond motifs is 1. The zero-order chi connectivity index (χ0) is 21.5. The number of esters is 1. The number of carbonyl (C=O) groups is 2. The molecule has 1 aromatic carbocycles. The number of anilines is 1. The highest BCUT2D eigenvalue weighted by molar-refractivity contribution is 6.09. The molecule has 0 saturated heterocycles. The molecule has 0 aliphatic heterocycles. The first kappa shape index (κ1) is 21.6. The molecule has 1 aliphatic carbocycles. The fourth-order valence-corrected chi connectivity index (χ4v) is 3.70. The fourth-order valence-electron chi connectivity index (χ4n) is 3.70. The lowest BCUT2D eigenvalue weighted by molar-refractivity contribution is 0.0499. The summed E-state index contributed by atoms with van der Waals surface area (Å²) >= 11 is 0. The van der Waals surface area contributed by atoms with Gasteiger partial charge in [-0.25, -0.2) is 4.79 Å². The average molecular weight is 412 g/mol. The summed E-state index contributed by atoms with van der Waals surface area (Å²) in [6.45, 7) is 2.42. The summed E-state index contributed by atoms with van der Waals surface area (Å²) in [6.07, 6.45) is 7.06. The Kier molecular flexibility index (Phi) is 7.27. The van der Waals surface area contributed by atoms with Crippen LogP contribution in [0, 0.1) is 0 Å². The molecule has 0 atom stereocenters. The number of aromatic nitrogens is 1. The van der Waals surface area contributed by atoms with Crippen LogP contribution in [0.2, 0.25) is 0 Å². The van der Waals surface area contributed by atoms with Crippen molar-refractivity contribution in [1.82, 2.24) is 4.98 Å². The molecular weight excluding hydrogens is 384 g/mol. The second-order valence-corrected chi connectivity index (χ2v) is 7.54. The molecule has 0 bridgehead atoms. The van der Waals surface area contributed by atoms with E-state index in [4.69, 9.17) is 4.74 Å². The molecule has 0 saturated carbocycles. The van der Waals surface area contributed by atoms with Gasteiger partial charge in [0.15, 0.2) is 0 Å². The third-order valence-corrected chi connectivity index (χ3v) is 5.34. The van der Waals surface area contributed by atoms with E-state index in [1.807, 2.05) is 0 Å². The smallest absolute Gasteiger partial charge is 0.340 e. The van der Waals surface area contributed by atoms with Crippen LogP contribution in [-0.4, -0.2) is 28.6 Å². The van der Waals surface area contributed by atoms with Crippen LogP contribution in [0.5, 0.6) is 5.75 Å². The quantitative estimate of drug-likeness (QED) is 0.449. The second kappa shape index (κ2) is 10.1. The highest BCUT2D eigenvalue weighted by Gasteiger charge is 2.25. The SMILES string of the molecule is CCCCCCOC(=O)c1ccccc1NC(=O)c1c(O)c2c([nH]c1=O)CCCC2. The van der Waals surface area contributed by atoms with E-state index < -0.39 is 17.4 Å². The Labute approximate surface area is 175 Å². The Morgan fingerprint density at radius 1 is 1.13 bits per heavy atom. The number of aryl methyl sites for hydroxylation is 1. The van der Waals surface area contributed by atoms with Crippen LogP contribution >= 0.6 is 0 Å². The first-order valence-electron chi connectivity index (χ1n) is 10.6. The van der Waals surface area contributed by atoms with Crippen molar-refractivity contribution >= 4 is 17.6 Å². The van der Waals surface area contributed by atoms with Gasteiger partial charge in [-0.1, -0.05) is 38.3 Å². The van der Waals surface area contributed by atoms with Crippen molar-refractivity contribution in [2.75, 3.05) is 11.9 Å². The van der Waals surface area contributed by atoms with Crippen molar-refractivity contribution in [2.24, 2.45) is 0 Å². The summed E-state index contributed by atoms with van der Waals surface area (Å²) in [7, 11) is 0. The molecule has 2 aromatic rings. The van der Waals surface area contributed by atoms with Gasteiger partial charge in [-0.05, 0) is 44.2 Å². The van der Waals surface area contributed by atoms with Gasteiger partial charge in [0.1, 0.15) is 11.3 Å². The molecule has 30 heavy (non-hydrogen) atoms. The summed E-state index contributed by atoms with van der Waals surface area (Å²) < 4.78 is 5.32. The number of unbranched alkanes of at least 4 members (excludes halogenated alkanes) is 3. The van der Waals surface area contributed by atoms with Crippen LogP contribution in [0.15, 0.2) is 29.1 Å². The fraction of sp³-hybridized carbons (Fsp3) is 0.435. The standard InChI is InChI=1S/C23H28N2O5/c1-2-3-4-9-14-30-23(29)16-11-6-8-13-18(16)25-22(28)19-20(26)15-10-5-7-12-17(15)24-21(19)27/h6,8,11,13H,2-5,7,9-10,12,14H2,1H3,(H,25,28)(H2,24,26,27). The molecule has 0 fully saturated rings. The van der Waals surface area contributed by atoms with Crippen molar-refractivity contribution < 1.29 is 19.4 Å². The van der Waals surface area contributed by atoms with Gasteiger partial charge in [0, 0.05) is 11.3 Å². The number of pyridine rings is 1. The maximum absolute atomic E-state index is 12.8. The number of hydrogen-bond donors (Lipinski definition) is 3. The number of nitrogens with one attached hydrogen (secondary N) is 2. The van der Waals surface area contributed by atoms with E-state index in [2.05, 4.69) is 17.2 Å². The topological polar surface area (TPSA) is 108 Å². The van der Waals surface area contributed by atoms with Gasteiger partial charge in [-0.15, -0.1) is 0 Å². The Morgan fingerprint density at radius 2 is 1.90 bits per heavy atom. The maximum Gasteiger partial charge on any atom is 0.340 e. The van der Waals surface area contributed by atoms with E-state index in [0.717, 1.165) is 38.5 Å². The maximum atomic E-state index is 12.8. The van der Waals surface area contributed by atoms with Gasteiger partial charge in [0.25, 0.3) is 11.5 Å². The Bertz CT molecular complexity index is 980. The largest absolute Gasteiger partial charge is 0.507 e. The van der Waals surface area contributed by atoms with E-state index in [1.54, 1.807) is 24.3 Å². The number of rotatable bonds is 8. The lowest BCUT2D eigenvalue weighted by atomic mass is 9.93. The van der Waals surface area contributed by atoms with Crippen molar-refractivity contribution in [2.45, 2.75) is 58.3 Å². The lowest BCUT2D eigenvalue weighted by Crippen LogP contribution is -2.27. The minimum absolute atomic E-state index is 0.204. The molecule has 7 nitrogen and oxygen atoms in total. The summed E-state index contributed by atoms with van der Waals surface area (Å²) in [5.41, 5.74) is 0.769. The number of carbonyl (C=O) groups excluding carboxylic acids is 2. The average Bonchev–Trinajstić information content (AvgIpc) is 2.74. The number of hydrogen-bond acceptors (Lipinski definition) is 5. The third kappa shape index (κ3) is 4.90. The van der Waals surface area contributed by atoms with E-state index in [1.165, 1.54) is 0 Å². The normalized spacial score (nSPS) is 12.8. The summed E-state index contributed by atoms with van der Waals surface area (Å²) in [4.78, 5) is 40.4. The molecule has 3 N–H and O–H groups in total. The van der Waals surface area contributed by atoms with Crippen LogP contribution in [0.3, 0.4) is 0 Å². The van der Waals surface area contributed by atoms with Crippen LogP contribution in [0.1, 0.15) is 77.4 Å². The van der Waals surface area contributed by atoms with Gasteiger partial charge in [-0.3, -0.25) is 9.59 Å². The molecule has 1 heterocycles. The summed E-state index contributed by atoms with van der Waals surface area (Å²) in [6, 6.07) is 6.47. The molecule has 1 aliphatic rings. The number of aromatic amines is 1. The molecule has 1 amide bonds. The van der Waals surface area contributed by atoms with E-state index >= 15 is 0 Å². The van der Waals surface area contributed by atoms with E-state index in [0.29, 0.717) is 30.7 Å². The zero-order valence-corrected chi connectivity index (χ0v) is 17.3. The van der Waals surface area contributed by atoms with Crippen molar-refractivity contribution in [3.8, 4) is 5.75 Å². The predicted octanol–water partition coefficient (Wildman–Crippen LogP) is 3.95. The molecule has 0 unspecified atom stereocenters. The van der Waals surface area contributed by atoms with Crippen LogP contribution in [0.25, 0.3) is 0 Å². The van der Waals surface area contributed by atoms with Gasteiger partial charge in [0.2, 0.25) is 0 Å². The Balaban J connectivity index is 1.77. The minimum atomic E-state index is -0.759. The van der Waals surface area contributed by atoms with Gasteiger partial charge >= 0.3 is 5.97 Å². The number of aromatic hydroxyl groups is 1. The number of para-hydroxylation sites is 1. The Hall–Kier alpha value is -3.09. The molecule has 0 radical (unpaired) electrons. The molecule has 160 valence electrons. The van der Waals surface area contributed by atoms with Gasteiger partial charge in [0.05, 0.1) is 17.9 Å². The summed E-state index contributed by atoms with van der Waals surface area (Å²) in [5.74, 6) is -1.57. The third-order valence-electron chi connectivity index (χ3n) is 5.34. The van der Waals surface area contributed by atoms with E-state index in [-0.39, 0.29) is 22.6 Å². The molecule has 0 spiro atoms.